The number of rotatable bonds is 5. The van der Waals surface area contributed by atoms with E-state index in [1.165, 1.54) is 43.5 Å². The monoisotopic (exact) mass is 384 g/mol. The molecule has 0 radical (unpaired) electrons. The van der Waals surface area contributed by atoms with Crippen molar-refractivity contribution in [2.75, 3.05) is 7.11 Å². The molecule has 0 saturated carbocycles. The van der Waals surface area contributed by atoms with Crippen LogP contribution < -0.4 is 4.74 Å². The van der Waals surface area contributed by atoms with Crippen LogP contribution in [0, 0.1) is 23.3 Å². The smallest absolute Gasteiger partial charge is 0.201 e. The lowest BCUT2D eigenvalue weighted by Crippen LogP contribution is -1.95. The van der Waals surface area contributed by atoms with Crippen molar-refractivity contribution < 1.29 is 22.3 Å². The summed E-state index contributed by atoms with van der Waals surface area (Å²) in [5.41, 5.74) is 1.44. The normalized spacial score (nSPS) is 11.0. The molecule has 0 bridgehead atoms. The van der Waals surface area contributed by atoms with Crippen LogP contribution in [0.2, 0.25) is 0 Å². The summed E-state index contributed by atoms with van der Waals surface area (Å²) in [7, 11) is 1.26. The molecule has 142 valence electrons. The molecule has 3 aromatic rings. The summed E-state index contributed by atoms with van der Waals surface area (Å²) >= 11 is 0. The zero-order valence-corrected chi connectivity index (χ0v) is 15.0. The van der Waals surface area contributed by atoms with Gasteiger partial charge >= 0.3 is 0 Å². The van der Waals surface area contributed by atoms with Crippen molar-refractivity contribution in [3.05, 3.63) is 95.1 Å². The number of methoxy groups -OCH3 is 1. The molecule has 0 unspecified atom stereocenters. The van der Waals surface area contributed by atoms with Gasteiger partial charge in [-0.3, -0.25) is 0 Å². The fourth-order valence-electron chi connectivity index (χ4n) is 2.74. The Kier molecular flexibility index (Phi) is 5.64. The first-order valence-corrected chi connectivity index (χ1v) is 8.37. The second-order valence-electron chi connectivity index (χ2n) is 5.97. The molecule has 28 heavy (non-hydrogen) atoms. The highest BCUT2D eigenvalue weighted by Crippen LogP contribution is 2.30. The Morgan fingerprint density at radius 3 is 2.00 bits per heavy atom. The first kappa shape index (κ1) is 19.4. The van der Waals surface area contributed by atoms with Crippen molar-refractivity contribution in [3.8, 4) is 16.9 Å². The highest BCUT2D eigenvalue weighted by atomic mass is 19.2. The number of hydrogen-bond donors (Lipinski definition) is 0. The predicted molar refractivity (Wildman–Crippen MR) is 104 cm³/mol. The van der Waals surface area contributed by atoms with E-state index < -0.39 is 23.3 Å². The molecule has 0 aromatic heterocycles. The molecule has 3 aromatic carbocycles. The predicted octanol–water partition coefficient (Wildman–Crippen LogP) is 6.73. The summed E-state index contributed by atoms with van der Waals surface area (Å²) in [6, 6.07) is 12.2. The molecule has 0 amide bonds. The highest BCUT2D eigenvalue weighted by molar-refractivity contribution is 5.73. The summed E-state index contributed by atoms with van der Waals surface area (Å²) < 4.78 is 60.6. The number of hydrogen-bond acceptors (Lipinski definition) is 1. The minimum atomic E-state index is -1.05. The van der Waals surface area contributed by atoms with E-state index in [1.807, 2.05) is 0 Å². The van der Waals surface area contributed by atoms with E-state index in [2.05, 4.69) is 6.58 Å². The van der Waals surface area contributed by atoms with Crippen LogP contribution in [0.5, 0.6) is 5.75 Å². The van der Waals surface area contributed by atoms with Gasteiger partial charge in [-0.25, -0.2) is 13.2 Å². The van der Waals surface area contributed by atoms with Crippen LogP contribution in [0.4, 0.5) is 17.6 Å². The Bertz CT molecular complexity index is 1050. The van der Waals surface area contributed by atoms with Gasteiger partial charge in [0.1, 0.15) is 0 Å². The Balaban J connectivity index is 1.86. The van der Waals surface area contributed by atoms with Gasteiger partial charge in [0, 0.05) is 16.7 Å². The van der Waals surface area contributed by atoms with Crippen LogP contribution in [0.15, 0.2) is 55.1 Å². The number of ether oxygens (including phenoxy) is 1. The van der Waals surface area contributed by atoms with E-state index >= 15 is 0 Å². The fourth-order valence-corrected chi connectivity index (χ4v) is 2.74. The molecule has 0 spiro atoms. The van der Waals surface area contributed by atoms with Crippen LogP contribution in [0.3, 0.4) is 0 Å². The second kappa shape index (κ2) is 8.13. The number of benzene rings is 3. The molecule has 1 nitrogen and oxygen atoms in total. The summed E-state index contributed by atoms with van der Waals surface area (Å²) in [4.78, 5) is 0. The fraction of sp³-hybridized carbons (Fsp3) is 0.0435. The SMILES string of the molecule is C=Cc1ccc(/C=C/c2ccc(-c3ccc(OC)c(F)c3F)cc2)c(F)c1F. The Morgan fingerprint density at radius 2 is 1.36 bits per heavy atom. The van der Waals surface area contributed by atoms with Gasteiger partial charge in [0.15, 0.2) is 23.2 Å². The molecule has 0 aliphatic rings. The summed E-state index contributed by atoms with van der Waals surface area (Å²) in [6.07, 6.45) is 4.28. The third-order valence-electron chi connectivity index (χ3n) is 4.31. The van der Waals surface area contributed by atoms with Crippen molar-refractivity contribution in [2.45, 2.75) is 0 Å². The first-order chi connectivity index (χ1) is 13.5. The molecule has 0 aliphatic heterocycles. The van der Waals surface area contributed by atoms with Crippen molar-refractivity contribution >= 4 is 18.2 Å². The van der Waals surface area contributed by atoms with E-state index in [0.29, 0.717) is 11.1 Å². The average molecular weight is 384 g/mol. The molecule has 0 aliphatic carbocycles. The lowest BCUT2D eigenvalue weighted by molar-refractivity contribution is 0.372. The van der Waals surface area contributed by atoms with Crippen LogP contribution in [-0.4, -0.2) is 7.11 Å². The van der Waals surface area contributed by atoms with Gasteiger partial charge in [-0.15, -0.1) is 0 Å². The zero-order valence-electron chi connectivity index (χ0n) is 15.0. The molecule has 0 saturated heterocycles. The van der Waals surface area contributed by atoms with E-state index in [-0.39, 0.29) is 22.4 Å². The van der Waals surface area contributed by atoms with Crippen LogP contribution in [0.25, 0.3) is 29.4 Å². The summed E-state index contributed by atoms with van der Waals surface area (Å²) in [5.74, 6) is -4.13. The minimum absolute atomic E-state index is 0.0905. The van der Waals surface area contributed by atoms with Gasteiger partial charge in [0.05, 0.1) is 7.11 Å². The van der Waals surface area contributed by atoms with Crippen LogP contribution >= 0.6 is 0 Å². The van der Waals surface area contributed by atoms with Crippen molar-refractivity contribution in [1.82, 2.24) is 0 Å². The van der Waals surface area contributed by atoms with E-state index in [0.717, 1.165) is 0 Å². The van der Waals surface area contributed by atoms with Crippen LogP contribution in [-0.2, 0) is 0 Å². The van der Waals surface area contributed by atoms with E-state index in [9.17, 15) is 17.6 Å². The third-order valence-corrected chi connectivity index (χ3v) is 4.31. The molecule has 5 heteroatoms. The lowest BCUT2D eigenvalue weighted by atomic mass is 10.0. The van der Waals surface area contributed by atoms with Crippen molar-refractivity contribution in [1.29, 1.82) is 0 Å². The zero-order chi connectivity index (χ0) is 20.3. The molecule has 0 atom stereocenters. The average Bonchev–Trinajstić information content (AvgIpc) is 2.72. The molecule has 0 N–H and O–H groups in total. The lowest BCUT2D eigenvalue weighted by Gasteiger charge is -2.08. The van der Waals surface area contributed by atoms with Crippen molar-refractivity contribution in [2.24, 2.45) is 0 Å². The van der Waals surface area contributed by atoms with Gasteiger partial charge in [-0.2, -0.15) is 4.39 Å². The van der Waals surface area contributed by atoms with Gasteiger partial charge in [-0.05, 0) is 23.3 Å². The Morgan fingerprint density at radius 1 is 0.714 bits per heavy atom. The standard InChI is InChI=1S/C23H16F4O/c1-3-15-10-11-17(21(25)20(15)24)9-6-14-4-7-16(8-5-14)18-12-13-19(28-2)23(27)22(18)26/h3-13H,1H2,2H3/b9-6+. The van der Waals surface area contributed by atoms with Gasteiger partial charge < -0.3 is 4.74 Å². The maximum absolute atomic E-state index is 14.2. The Hall–Kier alpha value is -3.34. The molecule has 0 fully saturated rings. The van der Waals surface area contributed by atoms with E-state index in [1.54, 1.807) is 30.3 Å². The van der Waals surface area contributed by atoms with Gasteiger partial charge in [0.25, 0.3) is 0 Å². The summed E-state index contributed by atoms with van der Waals surface area (Å²) in [5, 5.41) is 0. The summed E-state index contributed by atoms with van der Waals surface area (Å²) in [6.45, 7) is 3.43. The molecular weight excluding hydrogens is 368 g/mol. The molecule has 3 rings (SSSR count). The maximum Gasteiger partial charge on any atom is 0.201 e. The van der Waals surface area contributed by atoms with Crippen LogP contribution in [0.1, 0.15) is 16.7 Å². The van der Waals surface area contributed by atoms with Gasteiger partial charge in [0.2, 0.25) is 5.82 Å². The maximum atomic E-state index is 14.2. The second-order valence-corrected chi connectivity index (χ2v) is 5.97. The Labute approximate surface area is 160 Å². The molecule has 0 heterocycles. The van der Waals surface area contributed by atoms with Gasteiger partial charge in [-0.1, -0.05) is 61.2 Å². The quantitative estimate of drug-likeness (QED) is 0.350. The highest BCUT2D eigenvalue weighted by Gasteiger charge is 2.15. The van der Waals surface area contributed by atoms with Crippen molar-refractivity contribution in [3.63, 3.8) is 0 Å². The molecular formula is C23H16F4O. The topological polar surface area (TPSA) is 9.23 Å². The first-order valence-electron chi connectivity index (χ1n) is 8.37. The number of halogens is 4. The van der Waals surface area contributed by atoms with E-state index in [4.69, 9.17) is 4.74 Å². The minimum Gasteiger partial charge on any atom is -0.494 e. The largest absolute Gasteiger partial charge is 0.494 e. The third kappa shape index (κ3) is 3.69.